The fourth-order valence-electron chi connectivity index (χ4n) is 1.63. The standard InChI is InChI=1S/C12H28BrN2.BrH/c1-14(2)10-12-15(3,4)11-8-6-5-7-9-13;/h5-12H2,1-4H3;1H/q+1;. The molecule has 0 aliphatic carbocycles. The quantitative estimate of drug-likeness (QED) is 0.280. The van der Waals surface area contributed by atoms with Crippen LogP contribution in [0.3, 0.4) is 0 Å². The minimum Gasteiger partial charge on any atom is -1.00 e. The minimum absolute atomic E-state index is 0. The maximum atomic E-state index is 3.48. The molecule has 100 valence electrons. The van der Waals surface area contributed by atoms with Crippen LogP contribution in [0.15, 0.2) is 0 Å². The van der Waals surface area contributed by atoms with Gasteiger partial charge in [-0.3, -0.25) is 0 Å². The van der Waals surface area contributed by atoms with Crippen molar-refractivity contribution in [3.63, 3.8) is 0 Å². The van der Waals surface area contributed by atoms with Gasteiger partial charge < -0.3 is 26.4 Å². The first-order valence-electron chi connectivity index (χ1n) is 6.15. The summed E-state index contributed by atoms with van der Waals surface area (Å²) in [5, 5.41) is 1.16. The molecule has 0 aromatic rings. The first-order chi connectivity index (χ1) is 6.98. The molecule has 4 heteroatoms. The number of unbranched alkanes of at least 4 members (excludes halogenated alkanes) is 3. The van der Waals surface area contributed by atoms with Crippen molar-refractivity contribution in [2.24, 2.45) is 0 Å². The molecule has 0 aliphatic heterocycles. The monoisotopic (exact) mass is 359 g/mol. The second-order valence-corrected chi connectivity index (χ2v) is 6.24. The van der Waals surface area contributed by atoms with Gasteiger partial charge in [0.25, 0.3) is 0 Å². The van der Waals surface area contributed by atoms with Crippen LogP contribution in [0.1, 0.15) is 25.7 Å². The van der Waals surface area contributed by atoms with Gasteiger partial charge >= 0.3 is 0 Å². The molecule has 0 saturated heterocycles. The van der Waals surface area contributed by atoms with Crippen LogP contribution in [0, 0.1) is 0 Å². The molecular weight excluding hydrogens is 332 g/mol. The predicted octanol–water partition coefficient (Wildman–Crippen LogP) is -1.83. The molecule has 0 aromatic heterocycles. The number of nitrogens with zero attached hydrogens (tertiary/aromatic N) is 1. The first kappa shape index (κ1) is 19.2. The summed E-state index contributed by atoms with van der Waals surface area (Å²) in [5.74, 6) is 0. The summed E-state index contributed by atoms with van der Waals surface area (Å²) in [6.45, 7) is 3.89. The third-order valence-corrected chi connectivity index (χ3v) is 3.42. The normalized spacial score (nSPS) is 11.6. The Balaban J connectivity index is 0. The van der Waals surface area contributed by atoms with E-state index in [1.165, 1.54) is 49.8 Å². The Bertz CT molecular complexity index is 150. The van der Waals surface area contributed by atoms with E-state index in [4.69, 9.17) is 0 Å². The summed E-state index contributed by atoms with van der Waals surface area (Å²) in [4.78, 5) is 1.56. The Labute approximate surface area is 121 Å². The highest BCUT2D eigenvalue weighted by Gasteiger charge is 2.15. The first-order valence-corrected chi connectivity index (χ1v) is 7.27. The number of rotatable bonds is 9. The Morgan fingerprint density at radius 1 is 0.938 bits per heavy atom. The molecule has 0 atom stereocenters. The minimum atomic E-state index is 0. The highest BCUT2D eigenvalue weighted by Crippen LogP contribution is 2.05. The number of hydrogen-bond donors (Lipinski definition) is 1. The van der Waals surface area contributed by atoms with Crippen LogP contribution < -0.4 is 21.9 Å². The molecule has 0 bridgehead atoms. The van der Waals surface area contributed by atoms with Gasteiger partial charge in [-0.2, -0.15) is 0 Å². The van der Waals surface area contributed by atoms with Crippen molar-refractivity contribution in [3.05, 3.63) is 0 Å². The van der Waals surface area contributed by atoms with Crippen LogP contribution >= 0.6 is 15.9 Å². The zero-order valence-electron chi connectivity index (χ0n) is 11.4. The molecule has 0 amide bonds. The van der Waals surface area contributed by atoms with E-state index in [9.17, 15) is 0 Å². The predicted molar refractivity (Wildman–Crippen MR) is 71.8 cm³/mol. The number of likely N-dealkylation sites (N-methyl/N-ethyl adjacent to an activating group) is 2. The molecule has 1 N–H and O–H groups in total. The topological polar surface area (TPSA) is 4.44 Å². The molecule has 0 rings (SSSR count). The maximum Gasteiger partial charge on any atom is 0.128 e. The van der Waals surface area contributed by atoms with Crippen LogP contribution in [0.5, 0.6) is 0 Å². The summed E-state index contributed by atoms with van der Waals surface area (Å²) in [5.41, 5.74) is 0. The second kappa shape index (κ2) is 11.0. The van der Waals surface area contributed by atoms with Gasteiger partial charge in [0.1, 0.15) is 13.1 Å². The van der Waals surface area contributed by atoms with Gasteiger partial charge in [0.2, 0.25) is 0 Å². The number of nitrogens with one attached hydrogen (secondary N) is 1. The maximum absolute atomic E-state index is 3.48. The smallest absolute Gasteiger partial charge is 0.128 e. The van der Waals surface area contributed by atoms with Crippen LogP contribution in [0.25, 0.3) is 0 Å². The van der Waals surface area contributed by atoms with E-state index in [-0.39, 0.29) is 17.0 Å². The number of halogens is 2. The second-order valence-electron chi connectivity index (χ2n) is 5.44. The number of hydrogen-bond acceptors (Lipinski definition) is 0. The highest BCUT2D eigenvalue weighted by atomic mass is 79.9. The molecule has 0 spiro atoms. The van der Waals surface area contributed by atoms with Crippen molar-refractivity contribution in [3.8, 4) is 0 Å². The van der Waals surface area contributed by atoms with E-state index in [2.05, 4.69) is 44.1 Å². The van der Waals surface area contributed by atoms with Crippen molar-refractivity contribution in [2.75, 3.05) is 53.2 Å². The lowest BCUT2D eigenvalue weighted by molar-refractivity contribution is -0.934. The summed E-state index contributed by atoms with van der Waals surface area (Å²) in [6, 6.07) is 0. The Morgan fingerprint density at radius 2 is 1.50 bits per heavy atom. The lowest BCUT2D eigenvalue weighted by Gasteiger charge is -2.30. The Morgan fingerprint density at radius 3 is 2.00 bits per heavy atom. The molecular formula is C12H29Br2N2+. The summed E-state index contributed by atoms with van der Waals surface area (Å²) in [6.07, 6.45) is 5.48. The van der Waals surface area contributed by atoms with Gasteiger partial charge in [-0.25, -0.2) is 0 Å². The molecule has 0 aliphatic rings. The molecule has 0 saturated carbocycles. The number of quaternary nitrogens is 2. The van der Waals surface area contributed by atoms with Crippen molar-refractivity contribution in [1.82, 2.24) is 0 Å². The van der Waals surface area contributed by atoms with Crippen molar-refractivity contribution < 1.29 is 26.4 Å². The van der Waals surface area contributed by atoms with Crippen molar-refractivity contribution >= 4 is 15.9 Å². The lowest BCUT2D eigenvalue weighted by Crippen LogP contribution is -3.06. The SMILES string of the molecule is C[NH+](C)CC[N+](C)(C)CCCCCCBr.[Br-]. The van der Waals surface area contributed by atoms with Gasteiger partial charge in [0.05, 0.1) is 34.7 Å². The molecule has 2 nitrogen and oxygen atoms in total. The van der Waals surface area contributed by atoms with Gasteiger partial charge in [-0.05, 0) is 19.3 Å². The third-order valence-electron chi connectivity index (χ3n) is 2.86. The van der Waals surface area contributed by atoms with E-state index >= 15 is 0 Å². The average molecular weight is 361 g/mol. The van der Waals surface area contributed by atoms with Gasteiger partial charge in [0.15, 0.2) is 0 Å². The Hall–Kier alpha value is 0.880. The molecule has 0 radical (unpaired) electrons. The lowest BCUT2D eigenvalue weighted by atomic mass is 10.2. The van der Waals surface area contributed by atoms with Crippen LogP contribution in [-0.4, -0.2) is 57.6 Å². The van der Waals surface area contributed by atoms with Crippen molar-refractivity contribution in [2.45, 2.75) is 25.7 Å². The zero-order chi connectivity index (χ0) is 11.7. The molecule has 0 heterocycles. The summed E-state index contributed by atoms with van der Waals surface area (Å²) in [7, 11) is 9.17. The molecule has 16 heavy (non-hydrogen) atoms. The highest BCUT2D eigenvalue weighted by molar-refractivity contribution is 9.09. The summed E-state index contributed by atoms with van der Waals surface area (Å²) < 4.78 is 1.18. The van der Waals surface area contributed by atoms with Crippen LogP contribution in [0.2, 0.25) is 0 Å². The molecule has 0 fully saturated rings. The Kier molecular flexibility index (Phi) is 13.2. The molecule has 0 unspecified atom stereocenters. The van der Waals surface area contributed by atoms with E-state index in [1.807, 2.05) is 0 Å². The van der Waals surface area contributed by atoms with E-state index < -0.39 is 0 Å². The van der Waals surface area contributed by atoms with E-state index in [1.54, 1.807) is 4.90 Å². The average Bonchev–Trinajstić information content (AvgIpc) is 2.15. The van der Waals surface area contributed by atoms with Gasteiger partial charge in [0, 0.05) is 5.33 Å². The largest absolute Gasteiger partial charge is 1.00 e. The van der Waals surface area contributed by atoms with E-state index in [0.717, 1.165) is 5.33 Å². The van der Waals surface area contributed by atoms with Gasteiger partial charge in [-0.15, -0.1) is 0 Å². The van der Waals surface area contributed by atoms with Crippen LogP contribution in [-0.2, 0) is 0 Å². The third kappa shape index (κ3) is 12.9. The van der Waals surface area contributed by atoms with E-state index in [0.29, 0.717) is 0 Å². The summed E-state index contributed by atoms with van der Waals surface area (Å²) >= 11 is 3.48. The van der Waals surface area contributed by atoms with Crippen LogP contribution in [0.4, 0.5) is 0 Å². The fraction of sp³-hybridized carbons (Fsp3) is 1.00. The zero-order valence-corrected chi connectivity index (χ0v) is 14.5. The fourth-order valence-corrected chi connectivity index (χ4v) is 2.02. The molecule has 0 aromatic carbocycles. The number of alkyl halides is 1. The van der Waals surface area contributed by atoms with Gasteiger partial charge in [-0.1, -0.05) is 22.4 Å². The van der Waals surface area contributed by atoms with Crippen molar-refractivity contribution in [1.29, 1.82) is 0 Å².